The number of hydrogen-bond acceptors (Lipinski definition) is 3. The minimum Gasteiger partial charge on any atom is -0.447 e. The second-order valence-electron chi connectivity index (χ2n) is 5.13. The van der Waals surface area contributed by atoms with Gasteiger partial charge in [0.15, 0.2) is 0 Å². The third kappa shape index (κ3) is 3.58. The van der Waals surface area contributed by atoms with Gasteiger partial charge in [-0.25, -0.2) is 9.69 Å². The molecule has 0 aromatic heterocycles. The molecule has 0 N–H and O–H groups in total. The van der Waals surface area contributed by atoms with Gasteiger partial charge in [-0.2, -0.15) is 0 Å². The van der Waals surface area contributed by atoms with Crippen LogP contribution in [0.1, 0.15) is 34.1 Å². The molecule has 2 amide bonds. The summed E-state index contributed by atoms with van der Waals surface area (Å²) in [5.41, 5.74) is 0. The first kappa shape index (κ1) is 13.7. The Morgan fingerprint density at radius 3 is 2.65 bits per heavy atom. The van der Waals surface area contributed by atoms with Gasteiger partial charge in [0.1, 0.15) is 6.61 Å². The minimum absolute atomic E-state index is 0.140. The zero-order chi connectivity index (χ0) is 13.0. The Labute approximate surface area is 103 Å². The quantitative estimate of drug-likeness (QED) is 0.708. The van der Waals surface area contributed by atoms with E-state index < -0.39 is 6.09 Å². The summed E-state index contributed by atoms with van der Waals surface area (Å²) in [5, 5.41) is 0. The summed E-state index contributed by atoms with van der Waals surface area (Å²) in [6.45, 7) is 8.42. The number of rotatable bonds is 4. The van der Waals surface area contributed by atoms with Crippen molar-refractivity contribution in [3.8, 4) is 0 Å². The van der Waals surface area contributed by atoms with Crippen LogP contribution >= 0.6 is 0 Å². The Morgan fingerprint density at radius 2 is 2.12 bits per heavy atom. The van der Waals surface area contributed by atoms with Crippen molar-refractivity contribution in [3.05, 3.63) is 12.2 Å². The van der Waals surface area contributed by atoms with Crippen LogP contribution in [0.5, 0.6) is 0 Å². The van der Waals surface area contributed by atoms with Crippen molar-refractivity contribution in [2.45, 2.75) is 40.2 Å². The van der Waals surface area contributed by atoms with Gasteiger partial charge in [-0.3, -0.25) is 4.79 Å². The third-order valence-corrected chi connectivity index (χ3v) is 2.78. The highest BCUT2D eigenvalue weighted by atomic mass is 16.6. The second-order valence-corrected chi connectivity index (χ2v) is 5.13. The average molecular weight is 239 g/mol. The molecule has 0 aliphatic carbocycles. The third-order valence-electron chi connectivity index (χ3n) is 2.78. The lowest BCUT2D eigenvalue weighted by molar-refractivity contribution is -0.124. The molecule has 17 heavy (non-hydrogen) atoms. The topological polar surface area (TPSA) is 46.6 Å². The maximum absolute atomic E-state index is 11.9. The predicted octanol–water partition coefficient (Wildman–Crippen LogP) is 2.59. The van der Waals surface area contributed by atoms with E-state index in [0.717, 1.165) is 6.42 Å². The van der Waals surface area contributed by atoms with E-state index in [-0.39, 0.29) is 17.9 Å². The van der Waals surface area contributed by atoms with Crippen molar-refractivity contribution in [3.63, 3.8) is 0 Å². The first-order valence-corrected chi connectivity index (χ1v) is 6.10. The molecule has 0 aromatic carbocycles. The molecule has 1 aliphatic heterocycles. The van der Waals surface area contributed by atoms with Crippen molar-refractivity contribution in [1.29, 1.82) is 0 Å². The van der Waals surface area contributed by atoms with Crippen molar-refractivity contribution in [2.24, 2.45) is 11.8 Å². The molecule has 1 aliphatic rings. The lowest BCUT2D eigenvalue weighted by Gasteiger charge is -2.21. The van der Waals surface area contributed by atoms with E-state index in [0.29, 0.717) is 12.5 Å². The molecule has 1 heterocycles. The Hall–Kier alpha value is -1.32. The molecule has 0 saturated carbocycles. The fraction of sp³-hybridized carbons (Fsp3) is 0.692. The maximum atomic E-state index is 11.9. The van der Waals surface area contributed by atoms with Gasteiger partial charge in [0.05, 0.1) is 6.04 Å². The molecule has 1 atom stereocenters. The van der Waals surface area contributed by atoms with Gasteiger partial charge in [-0.15, -0.1) is 0 Å². The van der Waals surface area contributed by atoms with Crippen molar-refractivity contribution < 1.29 is 14.3 Å². The van der Waals surface area contributed by atoms with Crippen LogP contribution in [-0.4, -0.2) is 29.5 Å². The molecule has 0 spiro atoms. The van der Waals surface area contributed by atoms with Gasteiger partial charge in [-0.05, 0) is 24.3 Å². The van der Waals surface area contributed by atoms with Gasteiger partial charge < -0.3 is 4.74 Å². The highest BCUT2D eigenvalue weighted by Crippen LogP contribution is 2.19. The van der Waals surface area contributed by atoms with E-state index in [1.165, 1.54) is 11.0 Å². The van der Waals surface area contributed by atoms with Crippen molar-refractivity contribution in [1.82, 2.24) is 4.90 Å². The number of ether oxygens (including phenoxy) is 1. The second kappa shape index (κ2) is 5.84. The van der Waals surface area contributed by atoms with E-state index in [4.69, 9.17) is 4.74 Å². The van der Waals surface area contributed by atoms with Crippen molar-refractivity contribution >= 4 is 12.0 Å². The summed E-state index contributed by atoms with van der Waals surface area (Å²) in [5.74, 6) is 0.446. The van der Waals surface area contributed by atoms with E-state index in [1.807, 2.05) is 19.9 Å². The molecule has 0 bridgehead atoms. The van der Waals surface area contributed by atoms with E-state index in [2.05, 4.69) is 13.8 Å². The normalized spacial score (nSPS) is 20.7. The van der Waals surface area contributed by atoms with Crippen molar-refractivity contribution in [2.75, 3.05) is 6.61 Å². The lowest BCUT2D eigenvalue weighted by Crippen LogP contribution is -2.40. The Balaban J connectivity index is 2.66. The molecule has 0 unspecified atom stereocenters. The largest absolute Gasteiger partial charge is 0.447 e. The summed E-state index contributed by atoms with van der Waals surface area (Å²) >= 11 is 0. The first-order chi connectivity index (χ1) is 7.93. The summed E-state index contributed by atoms with van der Waals surface area (Å²) < 4.78 is 4.92. The summed E-state index contributed by atoms with van der Waals surface area (Å²) in [4.78, 5) is 24.6. The highest BCUT2D eigenvalue weighted by molar-refractivity contribution is 5.99. The van der Waals surface area contributed by atoms with E-state index in [1.54, 1.807) is 0 Å². The van der Waals surface area contributed by atoms with Crippen LogP contribution in [0.2, 0.25) is 0 Å². The monoisotopic (exact) mass is 239 g/mol. The molecule has 0 radical (unpaired) electrons. The maximum Gasteiger partial charge on any atom is 0.417 e. The Kier molecular flexibility index (Phi) is 4.73. The molecule has 1 saturated heterocycles. The number of cyclic esters (lactones) is 1. The molecular weight excluding hydrogens is 218 g/mol. The summed E-state index contributed by atoms with van der Waals surface area (Å²) in [7, 11) is 0. The fourth-order valence-corrected chi connectivity index (χ4v) is 1.70. The molecule has 4 heteroatoms. The van der Waals surface area contributed by atoms with Gasteiger partial charge in [0.2, 0.25) is 0 Å². The number of amides is 2. The molecule has 1 fully saturated rings. The van der Waals surface area contributed by atoms with Gasteiger partial charge in [0, 0.05) is 0 Å². The predicted molar refractivity (Wildman–Crippen MR) is 65.4 cm³/mol. The first-order valence-electron chi connectivity index (χ1n) is 6.10. The van der Waals surface area contributed by atoms with Crippen LogP contribution in [0.15, 0.2) is 12.2 Å². The zero-order valence-corrected chi connectivity index (χ0v) is 11.0. The summed E-state index contributed by atoms with van der Waals surface area (Å²) in [6.07, 6.45) is 3.60. The van der Waals surface area contributed by atoms with Crippen LogP contribution in [0.4, 0.5) is 4.79 Å². The van der Waals surface area contributed by atoms with Crippen LogP contribution < -0.4 is 0 Å². The van der Waals surface area contributed by atoms with Crippen LogP contribution in [0, 0.1) is 11.8 Å². The van der Waals surface area contributed by atoms with Crippen LogP contribution in [0.3, 0.4) is 0 Å². The Morgan fingerprint density at radius 1 is 1.47 bits per heavy atom. The highest BCUT2D eigenvalue weighted by Gasteiger charge is 2.38. The fourth-order valence-electron chi connectivity index (χ4n) is 1.70. The Bertz CT molecular complexity index is 321. The van der Waals surface area contributed by atoms with Gasteiger partial charge >= 0.3 is 6.09 Å². The molecule has 96 valence electrons. The average Bonchev–Trinajstić information content (AvgIpc) is 2.59. The minimum atomic E-state index is -0.525. The van der Waals surface area contributed by atoms with Crippen LogP contribution in [-0.2, 0) is 9.53 Å². The standard InChI is InChI=1S/C13H21NO3/c1-9(2)6-5-7-12(15)14-11(10(3)4)8-17-13(14)16/h5,7,9-11H,6,8H2,1-4H3/t11-/m1/s1. The number of nitrogens with zero attached hydrogens (tertiary/aromatic N) is 1. The smallest absolute Gasteiger partial charge is 0.417 e. The van der Waals surface area contributed by atoms with Gasteiger partial charge in [-0.1, -0.05) is 33.8 Å². The molecule has 1 rings (SSSR count). The number of carbonyl (C=O) groups excluding carboxylic acids is 2. The number of imide groups is 1. The van der Waals surface area contributed by atoms with Gasteiger partial charge in [0.25, 0.3) is 5.91 Å². The van der Waals surface area contributed by atoms with E-state index in [9.17, 15) is 9.59 Å². The zero-order valence-electron chi connectivity index (χ0n) is 11.0. The number of carbonyl (C=O) groups is 2. The number of hydrogen-bond donors (Lipinski definition) is 0. The molecular formula is C13H21NO3. The van der Waals surface area contributed by atoms with E-state index >= 15 is 0 Å². The molecule has 4 nitrogen and oxygen atoms in total. The lowest BCUT2D eigenvalue weighted by atomic mass is 10.0. The molecule has 0 aromatic rings. The SMILES string of the molecule is CC(C)CC=CC(=O)N1C(=O)OC[C@@H]1C(C)C. The summed E-state index contributed by atoms with van der Waals surface area (Å²) in [6, 6.07) is -0.140. The van der Waals surface area contributed by atoms with Crippen LogP contribution in [0.25, 0.3) is 0 Å². The number of allylic oxidation sites excluding steroid dienone is 1.